The van der Waals surface area contributed by atoms with E-state index in [-0.39, 0.29) is 18.6 Å². The minimum atomic E-state index is -0.220. The molecule has 1 heterocycles. The fourth-order valence-electron chi connectivity index (χ4n) is 0.861. The zero-order chi connectivity index (χ0) is 9.68. The number of amides is 1. The molecule has 4 nitrogen and oxygen atoms in total. The molecule has 0 saturated carbocycles. The van der Waals surface area contributed by atoms with Crippen molar-refractivity contribution in [2.24, 2.45) is 0 Å². The number of hydrogen-bond donors (Lipinski definition) is 2. The highest BCUT2D eigenvalue weighted by molar-refractivity contribution is 7.07. The van der Waals surface area contributed by atoms with Gasteiger partial charge in [0.15, 0.2) is 0 Å². The minimum absolute atomic E-state index is 0.0353. The van der Waals surface area contributed by atoms with Gasteiger partial charge in [-0.15, -0.1) is 11.3 Å². The highest BCUT2D eigenvalue weighted by atomic mass is 32.1. The zero-order valence-electron chi connectivity index (χ0n) is 7.36. The molecular formula is C8H12N2O2S. The molecule has 0 spiro atoms. The Labute approximate surface area is 80.6 Å². The van der Waals surface area contributed by atoms with Gasteiger partial charge in [0.1, 0.15) is 5.69 Å². The molecule has 1 rings (SSSR count). The van der Waals surface area contributed by atoms with Crippen LogP contribution >= 0.6 is 11.3 Å². The Morgan fingerprint density at radius 1 is 1.85 bits per heavy atom. The van der Waals surface area contributed by atoms with Gasteiger partial charge in [0.2, 0.25) is 0 Å². The van der Waals surface area contributed by atoms with Crippen LogP contribution < -0.4 is 5.32 Å². The van der Waals surface area contributed by atoms with Crippen molar-refractivity contribution in [3.05, 3.63) is 16.6 Å². The van der Waals surface area contributed by atoms with Crippen LogP contribution in [0.3, 0.4) is 0 Å². The van der Waals surface area contributed by atoms with Crippen molar-refractivity contribution >= 4 is 17.2 Å². The predicted molar refractivity (Wildman–Crippen MR) is 50.7 cm³/mol. The molecule has 0 aromatic carbocycles. The number of nitrogens with one attached hydrogen (secondary N) is 1. The Balaban J connectivity index is 2.50. The van der Waals surface area contributed by atoms with Gasteiger partial charge in [0.25, 0.3) is 5.91 Å². The first kappa shape index (κ1) is 10.1. The Morgan fingerprint density at radius 2 is 2.62 bits per heavy atom. The van der Waals surface area contributed by atoms with Crippen LogP contribution in [0, 0.1) is 0 Å². The quantitative estimate of drug-likeness (QED) is 0.750. The van der Waals surface area contributed by atoms with Gasteiger partial charge in [-0.3, -0.25) is 4.79 Å². The number of hydrogen-bond acceptors (Lipinski definition) is 4. The highest BCUT2D eigenvalue weighted by Gasteiger charge is 2.11. The average molecular weight is 200 g/mol. The largest absolute Gasteiger partial charge is 0.394 e. The van der Waals surface area contributed by atoms with Crippen LogP contribution in [-0.4, -0.2) is 28.6 Å². The molecule has 0 aliphatic rings. The Kier molecular flexibility index (Phi) is 3.85. The van der Waals surface area contributed by atoms with Crippen LogP contribution in [0.15, 0.2) is 10.9 Å². The van der Waals surface area contributed by atoms with Crippen molar-refractivity contribution < 1.29 is 9.90 Å². The lowest BCUT2D eigenvalue weighted by atomic mass is 10.2. The molecule has 1 amide bonds. The maximum atomic E-state index is 11.4. The van der Waals surface area contributed by atoms with Crippen LogP contribution in [0.4, 0.5) is 0 Å². The maximum Gasteiger partial charge on any atom is 0.271 e. The third-order valence-corrected chi connectivity index (χ3v) is 2.30. The lowest BCUT2D eigenvalue weighted by Gasteiger charge is -2.12. The Hall–Kier alpha value is -0.940. The molecule has 0 unspecified atom stereocenters. The molecule has 2 N–H and O–H groups in total. The second-order valence-electron chi connectivity index (χ2n) is 2.63. The summed E-state index contributed by atoms with van der Waals surface area (Å²) >= 11 is 1.38. The normalized spacial score (nSPS) is 12.5. The first-order chi connectivity index (χ1) is 6.27. The summed E-state index contributed by atoms with van der Waals surface area (Å²) < 4.78 is 0. The fourth-order valence-corrected chi connectivity index (χ4v) is 1.39. The van der Waals surface area contributed by atoms with E-state index in [0.29, 0.717) is 12.1 Å². The number of aliphatic hydroxyl groups is 1. The molecule has 5 heteroatoms. The molecule has 0 aliphatic carbocycles. The highest BCUT2D eigenvalue weighted by Crippen LogP contribution is 2.01. The number of carbonyl (C=O) groups excluding carboxylic acids is 1. The van der Waals surface area contributed by atoms with Crippen molar-refractivity contribution in [2.75, 3.05) is 6.61 Å². The van der Waals surface area contributed by atoms with E-state index in [1.54, 1.807) is 10.9 Å². The van der Waals surface area contributed by atoms with E-state index in [0.717, 1.165) is 0 Å². The summed E-state index contributed by atoms with van der Waals surface area (Å²) in [4.78, 5) is 15.2. The summed E-state index contributed by atoms with van der Waals surface area (Å²) in [5.74, 6) is -0.220. The third-order valence-electron chi connectivity index (χ3n) is 1.71. The van der Waals surface area contributed by atoms with E-state index >= 15 is 0 Å². The van der Waals surface area contributed by atoms with E-state index in [9.17, 15) is 4.79 Å². The van der Waals surface area contributed by atoms with Gasteiger partial charge >= 0.3 is 0 Å². The van der Waals surface area contributed by atoms with Crippen molar-refractivity contribution in [3.8, 4) is 0 Å². The average Bonchev–Trinajstić information content (AvgIpc) is 2.66. The summed E-state index contributed by atoms with van der Waals surface area (Å²) in [6.07, 6.45) is 0.715. The van der Waals surface area contributed by atoms with Crippen molar-refractivity contribution in [3.63, 3.8) is 0 Å². The van der Waals surface area contributed by atoms with Gasteiger partial charge < -0.3 is 10.4 Å². The summed E-state index contributed by atoms with van der Waals surface area (Å²) in [6.45, 7) is 1.87. The molecule has 0 saturated heterocycles. The first-order valence-electron chi connectivity index (χ1n) is 4.07. The number of nitrogens with zero attached hydrogens (tertiary/aromatic N) is 1. The lowest BCUT2D eigenvalue weighted by Crippen LogP contribution is -2.37. The van der Waals surface area contributed by atoms with Gasteiger partial charge in [0, 0.05) is 5.38 Å². The maximum absolute atomic E-state index is 11.4. The molecule has 1 aromatic rings. The molecule has 1 aromatic heterocycles. The van der Waals surface area contributed by atoms with Crippen molar-refractivity contribution in [1.82, 2.24) is 10.3 Å². The van der Waals surface area contributed by atoms with Gasteiger partial charge in [-0.25, -0.2) is 4.98 Å². The number of aliphatic hydroxyl groups excluding tert-OH is 1. The standard InChI is InChI=1S/C8H12N2O2S/c1-2-6(3-11)10-8(12)7-4-13-5-9-7/h4-6,11H,2-3H2,1H3,(H,10,12)/t6-/m1/s1. The van der Waals surface area contributed by atoms with Gasteiger partial charge in [-0.1, -0.05) is 6.92 Å². The third kappa shape index (κ3) is 2.78. The Morgan fingerprint density at radius 3 is 3.08 bits per heavy atom. The summed E-state index contributed by atoms with van der Waals surface area (Å²) in [7, 11) is 0. The molecular weight excluding hydrogens is 188 g/mol. The van der Waals surface area contributed by atoms with E-state index in [1.165, 1.54) is 11.3 Å². The van der Waals surface area contributed by atoms with Gasteiger partial charge in [-0.2, -0.15) is 0 Å². The molecule has 0 bridgehead atoms. The zero-order valence-corrected chi connectivity index (χ0v) is 8.17. The molecule has 13 heavy (non-hydrogen) atoms. The fraction of sp³-hybridized carbons (Fsp3) is 0.500. The minimum Gasteiger partial charge on any atom is -0.394 e. The van der Waals surface area contributed by atoms with E-state index in [1.807, 2.05) is 6.92 Å². The van der Waals surface area contributed by atoms with E-state index in [4.69, 9.17) is 5.11 Å². The molecule has 1 atom stereocenters. The van der Waals surface area contributed by atoms with Crippen LogP contribution in [0.5, 0.6) is 0 Å². The van der Waals surface area contributed by atoms with Crippen LogP contribution in [0.2, 0.25) is 0 Å². The molecule has 0 radical (unpaired) electrons. The second kappa shape index (κ2) is 4.94. The molecule has 72 valence electrons. The summed E-state index contributed by atoms with van der Waals surface area (Å²) in [6, 6.07) is -0.172. The molecule has 0 fully saturated rings. The first-order valence-corrected chi connectivity index (χ1v) is 5.02. The van der Waals surface area contributed by atoms with Crippen molar-refractivity contribution in [2.45, 2.75) is 19.4 Å². The van der Waals surface area contributed by atoms with Crippen molar-refractivity contribution in [1.29, 1.82) is 0 Å². The number of carbonyl (C=O) groups is 1. The summed E-state index contributed by atoms with van der Waals surface area (Å²) in [5.41, 5.74) is 2.02. The van der Waals surface area contributed by atoms with E-state index < -0.39 is 0 Å². The lowest BCUT2D eigenvalue weighted by molar-refractivity contribution is 0.0910. The van der Waals surface area contributed by atoms with Crippen LogP contribution in [0.25, 0.3) is 0 Å². The topological polar surface area (TPSA) is 62.2 Å². The Bertz CT molecular complexity index is 257. The van der Waals surface area contributed by atoms with Crippen LogP contribution in [-0.2, 0) is 0 Å². The number of aromatic nitrogens is 1. The number of thiazole rings is 1. The monoisotopic (exact) mass is 200 g/mol. The van der Waals surface area contributed by atoms with Crippen LogP contribution in [0.1, 0.15) is 23.8 Å². The van der Waals surface area contributed by atoms with Gasteiger partial charge in [-0.05, 0) is 6.42 Å². The van der Waals surface area contributed by atoms with Gasteiger partial charge in [0.05, 0.1) is 18.2 Å². The molecule has 0 aliphatic heterocycles. The second-order valence-corrected chi connectivity index (χ2v) is 3.35. The SMILES string of the molecule is CC[C@H](CO)NC(=O)c1cscn1. The predicted octanol–water partition coefficient (Wildman–Crippen LogP) is 0.644. The summed E-state index contributed by atoms with van der Waals surface area (Å²) in [5, 5.41) is 13.2. The van der Waals surface area contributed by atoms with E-state index in [2.05, 4.69) is 10.3 Å². The smallest absolute Gasteiger partial charge is 0.271 e. The number of rotatable bonds is 4.